The quantitative estimate of drug-likeness (QED) is 0.161. The zero-order valence-corrected chi connectivity index (χ0v) is 37.4. The summed E-state index contributed by atoms with van der Waals surface area (Å²) < 4.78 is 13.3. The molecule has 2 nitrogen and oxygen atoms in total. The minimum atomic E-state index is -0.463. The average Bonchev–Trinajstić information content (AvgIpc) is 4.07. The summed E-state index contributed by atoms with van der Waals surface area (Å²) in [5, 5.41) is 11.9. The number of benzene rings is 12. The zero-order chi connectivity index (χ0) is 45.2. The summed E-state index contributed by atoms with van der Waals surface area (Å²) >= 11 is 0. The molecule has 1 aliphatic carbocycles. The van der Waals surface area contributed by atoms with Gasteiger partial charge < -0.3 is 8.83 Å². The van der Waals surface area contributed by atoms with E-state index in [-0.39, 0.29) is 0 Å². The molecule has 0 fully saturated rings. The molecule has 12 aromatic carbocycles. The van der Waals surface area contributed by atoms with Crippen molar-refractivity contribution in [2.45, 2.75) is 5.41 Å². The minimum absolute atomic E-state index is 0.463. The van der Waals surface area contributed by atoms with Crippen LogP contribution < -0.4 is 0 Å². The van der Waals surface area contributed by atoms with Gasteiger partial charge in [0.15, 0.2) is 0 Å². The molecule has 0 saturated heterocycles. The van der Waals surface area contributed by atoms with Crippen molar-refractivity contribution < 1.29 is 8.83 Å². The third-order valence-corrected chi connectivity index (χ3v) is 15.1. The number of furan rings is 2. The Morgan fingerprint density at radius 2 is 0.623 bits per heavy atom. The van der Waals surface area contributed by atoms with Crippen LogP contribution in [-0.2, 0) is 5.41 Å². The van der Waals surface area contributed by atoms with Crippen molar-refractivity contribution in [3.8, 4) is 44.5 Å². The van der Waals surface area contributed by atoms with Crippen molar-refractivity contribution in [3.05, 3.63) is 265 Å². The lowest BCUT2D eigenvalue weighted by Crippen LogP contribution is -2.28. The first-order chi connectivity index (χ1) is 34.2. The summed E-state index contributed by atoms with van der Waals surface area (Å²) in [6, 6.07) is 88.8. The van der Waals surface area contributed by atoms with Gasteiger partial charge in [-0.25, -0.2) is 0 Å². The van der Waals surface area contributed by atoms with E-state index in [0.717, 1.165) is 66.1 Å². The van der Waals surface area contributed by atoms with Crippen molar-refractivity contribution in [1.29, 1.82) is 0 Å². The Kier molecular flexibility index (Phi) is 8.02. The Morgan fingerprint density at radius 1 is 0.217 bits per heavy atom. The lowest BCUT2D eigenvalue weighted by Gasteiger charge is -2.34. The van der Waals surface area contributed by atoms with Gasteiger partial charge in [-0.1, -0.05) is 188 Å². The highest BCUT2D eigenvalue weighted by Crippen LogP contribution is 2.57. The molecule has 0 spiro atoms. The van der Waals surface area contributed by atoms with Crippen molar-refractivity contribution in [3.63, 3.8) is 0 Å². The molecule has 14 aromatic rings. The van der Waals surface area contributed by atoms with E-state index in [9.17, 15) is 0 Å². The molecule has 15 rings (SSSR count). The van der Waals surface area contributed by atoms with Gasteiger partial charge in [0.2, 0.25) is 0 Å². The van der Waals surface area contributed by atoms with Crippen LogP contribution in [0.4, 0.5) is 0 Å². The maximum Gasteiger partial charge on any atom is 0.136 e. The van der Waals surface area contributed by atoms with Gasteiger partial charge in [-0.15, -0.1) is 0 Å². The van der Waals surface area contributed by atoms with Crippen LogP contribution in [0.25, 0.3) is 121 Å². The van der Waals surface area contributed by atoms with Crippen LogP contribution in [0.1, 0.15) is 22.3 Å². The monoisotopic (exact) mass is 876 g/mol. The van der Waals surface area contributed by atoms with E-state index in [4.69, 9.17) is 8.83 Å². The van der Waals surface area contributed by atoms with Gasteiger partial charge in [-0.2, -0.15) is 0 Å². The summed E-state index contributed by atoms with van der Waals surface area (Å²) in [5.74, 6) is 0. The molecule has 0 aliphatic heterocycles. The molecule has 0 saturated carbocycles. The second-order valence-corrected chi connectivity index (χ2v) is 18.7. The van der Waals surface area contributed by atoms with E-state index in [0.29, 0.717) is 0 Å². The van der Waals surface area contributed by atoms with Crippen LogP contribution in [0.5, 0.6) is 0 Å². The van der Waals surface area contributed by atoms with Crippen molar-refractivity contribution in [2.75, 3.05) is 0 Å². The Balaban J connectivity index is 0.818. The third-order valence-electron chi connectivity index (χ3n) is 15.1. The fraction of sp³-hybridized carbons (Fsp3) is 0.0149. The fourth-order valence-electron chi connectivity index (χ4n) is 12.0. The topological polar surface area (TPSA) is 26.3 Å². The van der Waals surface area contributed by atoms with Gasteiger partial charge in [-0.3, -0.25) is 0 Å². The van der Waals surface area contributed by atoms with Crippen molar-refractivity contribution in [2.24, 2.45) is 0 Å². The molecule has 2 aromatic heterocycles. The molecule has 2 heterocycles. The predicted octanol–water partition coefficient (Wildman–Crippen LogP) is 18.3. The highest BCUT2D eigenvalue weighted by atomic mass is 16.3. The standard InChI is InChI=1S/C67H40O2/c1-3-16-47(17-4-1)67(48-18-5-2-6-19-48)61-25-12-11-24-54(61)55-31-27-46(38-62(55)67)45-29-33-64-58(37-45)60-40-65-59(39-66(60)69-64)57-36-44(28-32-63(57)68-65)42-15-13-14-41(34-42)43-26-30-53-51-22-8-7-20-49(51)50-21-9-10-23-52(50)56(53)35-43/h1-40H. The van der Waals surface area contributed by atoms with Gasteiger partial charge in [0.1, 0.15) is 22.3 Å². The molecule has 0 bridgehead atoms. The van der Waals surface area contributed by atoms with Crippen molar-refractivity contribution in [1.82, 2.24) is 0 Å². The van der Waals surface area contributed by atoms with Gasteiger partial charge in [-0.05, 0) is 154 Å². The second kappa shape index (κ2) is 14.5. The first-order valence-corrected chi connectivity index (χ1v) is 23.8. The zero-order valence-electron chi connectivity index (χ0n) is 37.4. The van der Waals surface area contributed by atoms with Gasteiger partial charge in [0.05, 0.1) is 5.41 Å². The molecular weight excluding hydrogens is 837 g/mol. The average molecular weight is 877 g/mol. The third kappa shape index (κ3) is 5.55. The van der Waals surface area contributed by atoms with E-state index < -0.39 is 5.41 Å². The Morgan fingerprint density at radius 3 is 1.20 bits per heavy atom. The van der Waals surface area contributed by atoms with E-state index in [1.165, 1.54) is 76.8 Å². The summed E-state index contributed by atoms with van der Waals surface area (Å²) in [6.07, 6.45) is 0. The predicted molar refractivity (Wildman–Crippen MR) is 287 cm³/mol. The summed E-state index contributed by atoms with van der Waals surface area (Å²) in [4.78, 5) is 0. The number of hydrogen-bond donors (Lipinski definition) is 0. The molecule has 320 valence electrons. The lowest BCUT2D eigenvalue weighted by molar-refractivity contribution is 0.664. The molecule has 0 N–H and O–H groups in total. The minimum Gasteiger partial charge on any atom is -0.456 e. The van der Waals surface area contributed by atoms with E-state index in [1.807, 2.05) is 0 Å². The maximum absolute atomic E-state index is 6.65. The first-order valence-electron chi connectivity index (χ1n) is 23.8. The first kappa shape index (κ1) is 38.2. The summed E-state index contributed by atoms with van der Waals surface area (Å²) in [7, 11) is 0. The summed E-state index contributed by atoms with van der Waals surface area (Å²) in [5.41, 5.74) is 17.6. The number of hydrogen-bond acceptors (Lipinski definition) is 2. The molecular formula is C67H40O2. The SMILES string of the molecule is c1ccc(C2(c3ccccc3)c3ccccc3-c3ccc(-c4ccc5oc6cc7c(cc6c5c4)oc4ccc(-c5cccc(-c6ccc8c9ccccc9c9ccccc9c8c6)c5)cc47)cc32)cc1. The summed E-state index contributed by atoms with van der Waals surface area (Å²) in [6.45, 7) is 0. The molecule has 0 radical (unpaired) electrons. The highest BCUT2D eigenvalue weighted by molar-refractivity contribution is 6.26. The Hall–Kier alpha value is -8.98. The second-order valence-electron chi connectivity index (χ2n) is 18.7. The van der Waals surface area contributed by atoms with Gasteiger partial charge in [0, 0.05) is 21.5 Å². The molecule has 1 aliphatic rings. The van der Waals surface area contributed by atoms with Gasteiger partial charge in [0.25, 0.3) is 0 Å². The van der Waals surface area contributed by atoms with E-state index >= 15 is 0 Å². The molecule has 0 atom stereocenters. The Labute approximate surface area is 397 Å². The van der Waals surface area contributed by atoms with Crippen LogP contribution in [0, 0.1) is 0 Å². The number of fused-ring (bicyclic) bond motifs is 15. The van der Waals surface area contributed by atoms with Crippen LogP contribution in [-0.4, -0.2) is 0 Å². The molecule has 0 unspecified atom stereocenters. The lowest BCUT2D eigenvalue weighted by atomic mass is 9.67. The molecule has 69 heavy (non-hydrogen) atoms. The van der Waals surface area contributed by atoms with Crippen LogP contribution in [0.2, 0.25) is 0 Å². The van der Waals surface area contributed by atoms with E-state index in [2.05, 4.69) is 243 Å². The van der Waals surface area contributed by atoms with E-state index in [1.54, 1.807) is 0 Å². The maximum atomic E-state index is 6.65. The normalized spacial score (nSPS) is 13.0. The number of rotatable bonds is 5. The van der Waals surface area contributed by atoms with Gasteiger partial charge >= 0.3 is 0 Å². The highest BCUT2D eigenvalue weighted by Gasteiger charge is 2.46. The Bertz CT molecular complexity index is 4340. The smallest absolute Gasteiger partial charge is 0.136 e. The largest absolute Gasteiger partial charge is 0.456 e. The van der Waals surface area contributed by atoms with Crippen LogP contribution >= 0.6 is 0 Å². The van der Waals surface area contributed by atoms with Crippen LogP contribution in [0.3, 0.4) is 0 Å². The fourth-order valence-corrected chi connectivity index (χ4v) is 12.0. The molecule has 2 heteroatoms. The van der Waals surface area contributed by atoms with Crippen LogP contribution in [0.15, 0.2) is 251 Å². The van der Waals surface area contributed by atoms with Crippen molar-refractivity contribution >= 4 is 76.2 Å². The molecule has 0 amide bonds.